The van der Waals surface area contributed by atoms with E-state index in [0.29, 0.717) is 32.6 Å². The fourth-order valence-corrected chi connectivity index (χ4v) is 8.68. The minimum atomic E-state index is -0.832. The Morgan fingerprint density at radius 1 is 1.00 bits per heavy atom. The van der Waals surface area contributed by atoms with Gasteiger partial charge >= 0.3 is 0 Å². The van der Waals surface area contributed by atoms with Crippen LogP contribution in [-0.2, 0) is 20.9 Å². The summed E-state index contributed by atoms with van der Waals surface area (Å²) in [6.07, 6.45) is 11.8. The van der Waals surface area contributed by atoms with E-state index in [-0.39, 0.29) is 29.6 Å². The molecule has 0 aromatic heterocycles. The summed E-state index contributed by atoms with van der Waals surface area (Å²) < 4.78 is -0.832. The summed E-state index contributed by atoms with van der Waals surface area (Å²) in [5.74, 6) is -1.47. The molecule has 2 fully saturated rings. The lowest BCUT2D eigenvalue weighted by Gasteiger charge is -2.38. The van der Waals surface area contributed by atoms with Gasteiger partial charge in [-0.3, -0.25) is 14.4 Å². The molecule has 4 heterocycles. The number of hydrogen-bond donors (Lipinski definition) is 1. The predicted octanol–water partition coefficient (Wildman–Crippen LogP) is 3.24. The van der Waals surface area contributed by atoms with Crippen LogP contribution in [0.4, 0.5) is 0 Å². The number of amides is 3. The molecule has 0 bridgehead atoms. The molecule has 38 heavy (non-hydrogen) atoms. The van der Waals surface area contributed by atoms with Gasteiger partial charge in [0.05, 0.1) is 29.2 Å². The van der Waals surface area contributed by atoms with Crippen LogP contribution >= 0.6 is 11.8 Å². The molecule has 6 atom stereocenters. The topological polar surface area (TPSA) is 81.2 Å². The van der Waals surface area contributed by atoms with E-state index in [1.54, 1.807) is 16.7 Å². The van der Waals surface area contributed by atoms with Gasteiger partial charge in [-0.15, -0.1) is 11.8 Å². The minimum Gasteiger partial charge on any atom is -0.394 e. The Hall–Kier alpha value is -2.58. The van der Waals surface area contributed by atoms with Gasteiger partial charge in [-0.2, -0.15) is 0 Å². The lowest BCUT2D eigenvalue weighted by atomic mass is 9.78. The highest BCUT2D eigenvalue weighted by Crippen LogP contribution is 2.61. The monoisotopic (exact) mass is 537 g/mol. The number of carbonyl (C=O) groups excluding carboxylic acids is 3. The number of unbranched alkanes of at least 4 members (excludes halogenated alkanes) is 2. The first-order chi connectivity index (χ1) is 18.5. The number of likely N-dealkylation sites (tertiary alicyclic amines) is 1. The highest BCUT2D eigenvalue weighted by Gasteiger charge is 2.71. The molecule has 0 saturated carbocycles. The highest BCUT2D eigenvalue weighted by atomic mass is 32.2. The van der Waals surface area contributed by atoms with Crippen molar-refractivity contribution in [3.05, 3.63) is 60.2 Å². The van der Waals surface area contributed by atoms with Gasteiger partial charge in [-0.25, -0.2) is 0 Å². The third kappa shape index (κ3) is 4.49. The van der Waals surface area contributed by atoms with Crippen LogP contribution in [0.3, 0.4) is 0 Å². The Bertz CT molecular complexity index is 1100. The number of nitrogens with zero attached hydrogens (tertiary/aromatic N) is 3. The van der Waals surface area contributed by atoms with Crippen LogP contribution in [0.5, 0.6) is 0 Å². The van der Waals surface area contributed by atoms with Gasteiger partial charge in [0.15, 0.2) is 0 Å². The summed E-state index contributed by atoms with van der Waals surface area (Å²) in [7, 11) is 0. The van der Waals surface area contributed by atoms with Crippen molar-refractivity contribution in [3.8, 4) is 0 Å². The molecule has 2 saturated heterocycles. The maximum absolute atomic E-state index is 14.3. The van der Waals surface area contributed by atoms with Gasteiger partial charge in [0, 0.05) is 31.4 Å². The highest BCUT2D eigenvalue weighted by molar-refractivity contribution is 8.02. The fourth-order valence-electron chi connectivity index (χ4n) is 6.68. The van der Waals surface area contributed by atoms with Crippen LogP contribution in [-0.4, -0.2) is 85.8 Å². The molecule has 1 N–H and O–H groups in total. The third-order valence-corrected chi connectivity index (χ3v) is 10.3. The average molecular weight is 538 g/mol. The van der Waals surface area contributed by atoms with Crippen molar-refractivity contribution < 1.29 is 19.5 Å². The summed E-state index contributed by atoms with van der Waals surface area (Å²) in [6.45, 7) is 5.99. The number of carbonyl (C=O) groups is 3. The molecule has 3 amide bonds. The molecule has 0 aliphatic carbocycles. The molecule has 4 aliphatic rings. The van der Waals surface area contributed by atoms with Crippen molar-refractivity contribution in [1.29, 1.82) is 0 Å². The molecule has 1 spiro atoms. The molecule has 7 nitrogen and oxygen atoms in total. The van der Waals surface area contributed by atoms with Gasteiger partial charge in [-0.1, -0.05) is 81.3 Å². The van der Waals surface area contributed by atoms with Crippen LogP contribution in [0.15, 0.2) is 54.6 Å². The SMILES string of the molecule is CCCCCN1CC=C[C@]23S[C@@H]4C=CCN(Cc5ccccc5)C(=O)[C@@H]4[C@H]2C(=O)N([C@@H](CC)CO)C3C1=O. The smallest absolute Gasteiger partial charge is 0.247 e. The zero-order valence-electron chi connectivity index (χ0n) is 22.4. The van der Waals surface area contributed by atoms with Crippen molar-refractivity contribution in [2.24, 2.45) is 11.8 Å². The van der Waals surface area contributed by atoms with E-state index in [1.165, 1.54) is 0 Å². The molecule has 0 radical (unpaired) electrons. The molecular weight excluding hydrogens is 498 g/mol. The molecule has 1 aromatic carbocycles. The van der Waals surface area contributed by atoms with E-state index in [4.69, 9.17) is 0 Å². The second-order valence-corrected chi connectivity index (χ2v) is 12.3. The van der Waals surface area contributed by atoms with Crippen molar-refractivity contribution >= 4 is 29.5 Å². The maximum Gasteiger partial charge on any atom is 0.247 e. The molecule has 1 unspecified atom stereocenters. The average Bonchev–Trinajstić information content (AvgIpc) is 3.25. The molecule has 204 valence electrons. The molecule has 1 aromatic rings. The molecule has 4 aliphatic heterocycles. The van der Waals surface area contributed by atoms with Gasteiger partial charge in [0.2, 0.25) is 17.7 Å². The lowest BCUT2D eigenvalue weighted by molar-refractivity contribution is -0.147. The first-order valence-corrected chi connectivity index (χ1v) is 14.9. The zero-order valence-corrected chi connectivity index (χ0v) is 23.2. The van der Waals surface area contributed by atoms with E-state index in [9.17, 15) is 19.5 Å². The molecule has 5 rings (SSSR count). The van der Waals surface area contributed by atoms with Gasteiger partial charge in [0.25, 0.3) is 0 Å². The first-order valence-electron chi connectivity index (χ1n) is 14.0. The summed E-state index contributed by atoms with van der Waals surface area (Å²) in [4.78, 5) is 48.0. The van der Waals surface area contributed by atoms with E-state index in [2.05, 4.69) is 19.1 Å². The Morgan fingerprint density at radius 2 is 1.76 bits per heavy atom. The fraction of sp³-hybridized carbons (Fsp3) is 0.567. The number of aliphatic hydroxyl groups is 1. The maximum atomic E-state index is 14.3. The summed E-state index contributed by atoms with van der Waals surface area (Å²) in [5.41, 5.74) is 1.05. The Balaban J connectivity index is 1.53. The Morgan fingerprint density at radius 3 is 2.47 bits per heavy atom. The summed E-state index contributed by atoms with van der Waals surface area (Å²) in [6, 6.07) is 8.73. The Labute approximate surface area is 229 Å². The van der Waals surface area contributed by atoms with Crippen molar-refractivity contribution in [2.45, 2.75) is 68.2 Å². The molecule has 8 heteroatoms. The minimum absolute atomic E-state index is 0.0332. The van der Waals surface area contributed by atoms with Crippen LogP contribution < -0.4 is 0 Å². The number of hydrogen-bond acceptors (Lipinski definition) is 5. The van der Waals surface area contributed by atoms with Gasteiger partial charge < -0.3 is 19.8 Å². The number of rotatable bonds is 9. The first kappa shape index (κ1) is 27.0. The normalized spacial score (nSPS) is 31.2. The van der Waals surface area contributed by atoms with E-state index in [0.717, 1.165) is 24.8 Å². The second-order valence-electron chi connectivity index (χ2n) is 10.9. The van der Waals surface area contributed by atoms with Crippen LogP contribution in [0.2, 0.25) is 0 Å². The zero-order chi connectivity index (χ0) is 26.9. The van der Waals surface area contributed by atoms with Crippen molar-refractivity contribution in [3.63, 3.8) is 0 Å². The van der Waals surface area contributed by atoms with Crippen LogP contribution in [0.1, 0.15) is 45.1 Å². The third-order valence-electron chi connectivity index (χ3n) is 8.59. The van der Waals surface area contributed by atoms with Gasteiger partial charge in [-0.05, 0) is 18.4 Å². The van der Waals surface area contributed by atoms with Gasteiger partial charge in [0.1, 0.15) is 6.04 Å². The molecular formula is C30H39N3O4S. The number of benzene rings is 1. The van der Waals surface area contributed by atoms with Crippen LogP contribution in [0.25, 0.3) is 0 Å². The quantitative estimate of drug-likeness (QED) is 0.386. The largest absolute Gasteiger partial charge is 0.394 e. The van der Waals surface area contributed by atoms with E-state index < -0.39 is 28.7 Å². The summed E-state index contributed by atoms with van der Waals surface area (Å²) in [5, 5.41) is 10.1. The summed E-state index contributed by atoms with van der Waals surface area (Å²) >= 11 is 1.60. The number of fused-ring (bicyclic) bond motifs is 2. The lowest BCUT2D eigenvalue weighted by Crippen LogP contribution is -2.56. The van der Waals surface area contributed by atoms with Crippen molar-refractivity contribution in [2.75, 3.05) is 26.2 Å². The standard InChI is InChI=1S/C30H39N3O4S/c1-3-5-9-16-31-18-11-15-30-25(28(36)33(22(4-2)20-34)26(30)29(31)37)24-23(38-30)14-10-17-32(27(24)35)19-21-12-7-6-8-13-21/h6-8,10-15,22-26,34H,3-5,9,16-20H2,1-2H3/t22-,23+,24-,25-,26?,30-/m0/s1. The van der Waals surface area contributed by atoms with E-state index >= 15 is 0 Å². The number of thioether (sulfide) groups is 1. The second kappa shape index (κ2) is 11.3. The van der Waals surface area contributed by atoms with Crippen molar-refractivity contribution in [1.82, 2.24) is 14.7 Å². The van der Waals surface area contributed by atoms with E-state index in [1.807, 2.05) is 59.2 Å². The van der Waals surface area contributed by atoms with Crippen LogP contribution in [0, 0.1) is 11.8 Å². The predicted molar refractivity (Wildman–Crippen MR) is 149 cm³/mol. The Kier molecular flexibility index (Phi) is 8.00. The number of aliphatic hydroxyl groups excluding tert-OH is 1.